The van der Waals surface area contributed by atoms with E-state index in [4.69, 9.17) is 4.74 Å². The third kappa shape index (κ3) is 5.74. The molecule has 0 fully saturated rings. The van der Waals surface area contributed by atoms with E-state index in [1.54, 1.807) is 31.4 Å². The van der Waals surface area contributed by atoms with Gasteiger partial charge in [-0.15, -0.1) is 11.8 Å². The molecule has 2 aromatic rings. The van der Waals surface area contributed by atoms with E-state index in [0.29, 0.717) is 6.42 Å². The minimum atomic E-state index is -3.74. The maximum absolute atomic E-state index is 12.7. The van der Waals surface area contributed by atoms with E-state index in [1.165, 1.54) is 18.8 Å². The second-order valence-electron chi connectivity index (χ2n) is 6.69. The van der Waals surface area contributed by atoms with Gasteiger partial charge in [-0.2, -0.15) is 4.31 Å². The number of likely N-dealkylation sites (N-methyl/N-ethyl adjacent to an activating group) is 1. The minimum absolute atomic E-state index is 0.170. The molecule has 1 amide bonds. The van der Waals surface area contributed by atoms with Crippen LogP contribution in [0.15, 0.2) is 52.3 Å². The Labute approximate surface area is 177 Å². The summed E-state index contributed by atoms with van der Waals surface area (Å²) >= 11 is 1.54. The van der Waals surface area contributed by atoms with Crippen LogP contribution in [-0.2, 0) is 14.8 Å². The highest BCUT2D eigenvalue weighted by Crippen LogP contribution is 2.24. The fourth-order valence-corrected chi connectivity index (χ4v) is 4.53. The average molecular weight is 437 g/mol. The first-order valence-corrected chi connectivity index (χ1v) is 11.9. The minimum Gasteiger partial charge on any atom is -0.496 e. The predicted octanol–water partition coefficient (Wildman–Crippen LogP) is 3.61. The number of methoxy groups -OCH3 is 1. The topological polar surface area (TPSA) is 75.7 Å². The van der Waals surface area contributed by atoms with Crippen molar-refractivity contribution in [2.75, 3.05) is 27.0 Å². The van der Waals surface area contributed by atoms with Crippen molar-refractivity contribution >= 4 is 27.7 Å². The first-order valence-electron chi connectivity index (χ1n) is 9.27. The first-order chi connectivity index (χ1) is 13.7. The molecule has 1 atom stereocenters. The molecule has 2 rings (SSSR count). The van der Waals surface area contributed by atoms with Gasteiger partial charge in [-0.1, -0.05) is 19.1 Å². The molecule has 0 bridgehead atoms. The number of amides is 1. The summed E-state index contributed by atoms with van der Waals surface area (Å²) in [5.41, 5.74) is 1.93. The molecule has 0 unspecified atom stereocenters. The van der Waals surface area contributed by atoms with Crippen molar-refractivity contribution in [2.24, 2.45) is 0 Å². The second-order valence-corrected chi connectivity index (χ2v) is 9.62. The van der Waals surface area contributed by atoms with Crippen molar-refractivity contribution in [1.82, 2.24) is 9.62 Å². The van der Waals surface area contributed by atoms with Crippen molar-refractivity contribution in [3.8, 4) is 5.75 Å². The summed E-state index contributed by atoms with van der Waals surface area (Å²) in [6, 6.07) is 12.2. The van der Waals surface area contributed by atoms with Gasteiger partial charge in [0.1, 0.15) is 5.75 Å². The molecule has 0 aromatic heterocycles. The van der Waals surface area contributed by atoms with Gasteiger partial charge in [-0.25, -0.2) is 8.42 Å². The van der Waals surface area contributed by atoms with Crippen molar-refractivity contribution in [3.63, 3.8) is 0 Å². The van der Waals surface area contributed by atoms with Crippen molar-refractivity contribution in [3.05, 3.63) is 53.6 Å². The summed E-state index contributed by atoms with van der Waals surface area (Å²) in [6.45, 7) is 3.66. The van der Waals surface area contributed by atoms with Crippen LogP contribution < -0.4 is 10.1 Å². The molecule has 6 nitrogen and oxygen atoms in total. The highest BCUT2D eigenvalue weighted by Gasteiger charge is 2.24. The molecule has 0 aliphatic heterocycles. The van der Waals surface area contributed by atoms with E-state index >= 15 is 0 Å². The number of rotatable bonds is 9. The molecular weight excluding hydrogens is 408 g/mol. The summed E-state index contributed by atoms with van der Waals surface area (Å²) in [7, 11) is -0.706. The van der Waals surface area contributed by atoms with Gasteiger partial charge in [0.25, 0.3) is 0 Å². The molecule has 0 heterocycles. The van der Waals surface area contributed by atoms with E-state index in [9.17, 15) is 13.2 Å². The Kier molecular flexibility index (Phi) is 8.13. The molecule has 8 heteroatoms. The van der Waals surface area contributed by atoms with Crippen LogP contribution in [0, 0.1) is 6.92 Å². The molecule has 0 aliphatic rings. The zero-order chi connectivity index (χ0) is 21.6. The number of aryl methyl sites for hydroxylation is 1. The molecule has 0 saturated carbocycles. The van der Waals surface area contributed by atoms with Gasteiger partial charge in [0.05, 0.1) is 24.6 Å². The maximum atomic E-state index is 12.7. The fourth-order valence-electron chi connectivity index (χ4n) is 2.99. The van der Waals surface area contributed by atoms with Gasteiger partial charge in [-0.05, 0) is 61.1 Å². The molecule has 0 aliphatic carbocycles. The Hall–Kier alpha value is -2.03. The number of benzene rings is 2. The van der Waals surface area contributed by atoms with Crippen LogP contribution in [0.2, 0.25) is 0 Å². The van der Waals surface area contributed by atoms with Crippen LogP contribution in [0.5, 0.6) is 5.75 Å². The number of nitrogens with one attached hydrogen (secondary N) is 1. The molecular formula is C21H28N2O4S2. The number of thioether (sulfide) groups is 1. The molecule has 158 valence electrons. The summed E-state index contributed by atoms with van der Waals surface area (Å²) < 4.78 is 31.8. The monoisotopic (exact) mass is 436 g/mol. The van der Waals surface area contributed by atoms with Crippen LogP contribution in [-0.4, -0.2) is 45.6 Å². The first kappa shape index (κ1) is 23.3. The Morgan fingerprint density at radius 1 is 1.21 bits per heavy atom. The Morgan fingerprint density at radius 3 is 2.38 bits per heavy atom. The van der Waals surface area contributed by atoms with E-state index in [2.05, 4.69) is 5.32 Å². The van der Waals surface area contributed by atoms with Gasteiger partial charge in [0.15, 0.2) is 0 Å². The fraction of sp³-hybridized carbons (Fsp3) is 0.381. The SMILES string of the molecule is CC[C@H](NC(=O)CN(C)S(=O)(=O)c1ccc(SC)cc1)c1ccc(OC)c(C)c1. The van der Waals surface area contributed by atoms with Crippen molar-refractivity contribution < 1.29 is 17.9 Å². The van der Waals surface area contributed by atoms with Gasteiger partial charge >= 0.3 is 0 Å². The van der Waals surface area contributed by atoms with Gasteiger partial charge in [0, 0.05) is 11.9 Å². The molecule has 0 spiro atoms. The summed E-state index contributed by atoms with van der Waals surface area (Å²) in [4.78, 5) is 13.7. The standard InChI is InChI=1S/C21H28N2O4S2/c1-6-19(16-7-12-20(27-4)15(2)13-16)22-21(24)14-23(3)29(25,26)18-10-8-17(28-5)9-11-18/h7-13,19H,6,14H2,1-5H3,(H,22,24)/t19-/m0/s1. The number of ether oxygens (including phenoxy) is 1. The largest absolute Gasteiger partial charge is 0.496 e. The van der Waals surface area contributed by atoms with Crippen molar-refractivity contribution in [1.29, 1.82) is 0 Å². The van der Waals surface area contributed by atoms with E-state index < -0.39 is 10.0 Å². The lowest BCUT2D eigenvalue weighted by Gasteiger charge is -2.21. The Balaban J connectivity index is 2.08. The predicted molar refractivity (Wildman–Crippen MR) is 117 cm³/mol. The number of nitrogens with zero attached hydrogens (tertiary/aromatic N) is 1. The van der Waals surface area contributed by atoms with E-state index in [-0.39, 0.29) is 23.4 Å². The zero-order valence-corrected chi connectivity index (χ0v) is 19.1. The van der Waals surface area contributed by atoms with Crippen LogP contribution in [0.1, 0.15) is 30.5 Å². The van der Waals surface area contributed by atoms with E-state index in [0.717, 1.165) is 26.1 Å². The number of sulfonamides is 1. The molecule has 29 heavy (non-hydrogen) atoms. The lowest BCUT2D eigenvalue weighted by atomic mass is 10.0. The number of hydrogen-bond donors (Lipinski definition) is 1. The second kappa shape index (κ2) is 10.1. The summed E-state index contributed by atoms with van der Waals surface area (Å²) in [5.74, 6) is 0.436. The number of carbonyl (C=O) groups excluding carboxylic acids is 1. The molecule has 0 saturated heterocycles. The summed E-state index contributed by atoms with van der Waals surface area (Å²) in [5, 5.41) is 2.93. The smallest absolute Gasteiger partial charge is 0.243 e. The lowest BCUT2D eigenvalue weighted by Crippen LogP contribution is -2.39. The van der Waals surface area contributed by atoms with Gasteiger partial charge in [0.2, 0.25) is 15.9 Å². The van der Waals surface area contributed by atoms with Crippen LogP contribution in [0.25, 0.3) is 0 Å². The highest BCUT2D eigenvalue weighted by atomic mass is 32.2. The summed E-state index contributed by atoms with van der Waals surface area (Å²) in [6.07, 6.45) is 2.61. The van der Waals surface area contributed by atoms with Gasteiger partial charge < -0.3 is 10.1 Å². The van der Waals surface area contributed by atoms with Crippen molar-refractivity contribution in [2.45, 2.75) is 36.1 Å². The quantitative estimate of drug-likeness (QED) is 0.608. The molecule has 1 N–H and O–H groups in total. The molecule has 0 radical (unpaired) electrons. The van der Waals surface area contributed by atoms with Gasteiger partial charge in [-0.3, -0.25) is 4.79 Å². The Morgan fingerprint density at radius 2 is 1.86 bits per heavy atom. The normalized spacial score (nSPS) is 12.6. The lowest BCUT2D eigenvalue weighted by molar-refractivity contribution is -0.121. The van der Waals surface area contributed by atoms with Crippen LogP contribution >= 0.6 is 11.8 Å². The highest BCUT2D eigenvalue weighted by molar-refractivity contribution is 7.98. The van der Waals surface area contributed by atoms with Crippen LogP contribution in [0.4, 0.5) is 0 Å². The number of hydrogen-bond acceptors (Lipinski definition) is 5. The number of carbonyl (C=O) groups is 1. The third-order valence-electron chi connectivity index (χ3n) is 4.70. The molecule has 2 aromatic carbocycles. The van der Waals surface area contributed by atoms with E-state index in [1.807, 2.05) is 38.3 Å². The third-order valence-corrected chi connectivity index (χ3v) is 7.26. The van der Waals surface area contributed by atoms with Crippen LogP contribution in [0.3, 0.4) is 0 Å². The Bertz CT molecular complexity index is 944. The maximum Gasteiger partial charge on any atom is 0.243 e. The average Bonchev–Trinajstić information content (AvgIpc) is 2.71. The zero-order valence-electron chi connectivity index (χ0n) is 17.4.